The van der Waals surface area contributed by atoms with Gasteiger partial charge in [0, 0.05) is 17.9 Å². The number of aromatic nitrogens is 1. The van der Waals surface area contributed by atoms with Crippen LogP contribution in [0.2, 0.25) is 0 Å². The maximum Gasteiger partial charge on any atom is 0.328 e. The number of pyridine rings is 1. The van der Waals surface area contributed by atoms with Crippen molar-refractivity contribution in [2.24, 2.45) is 0 Å². The second-order valence-electron chi connectivity index (χ2n) is 6.07. The van der Waals surface area contributed by atoms with Gasteiger partial charge in [-0.25, -0.2) is 4.79 Å². The Morgan fingerprint density at radius 3 is 2.48 bits per heavy atom. The van der Waals surface area contributed by atoms with Crippen molar-refractivity contribution in [3.63, 3.8) is 0 Å². The highest BCUT2D eigenvalue weighted by Gasteiger charge is 2.27. The smallest absolute Gasteiger partial charge is 0.328 e. The van der Waals surface area contributed by atoms with Gasteiger partial charge in [-0.05, 0) is 51.3 Å². The molecule has 6 heteroatoms. The highest BCUT2D eigenvalue weighted by atomic mass is 32.1. The van der Waals surface area contributed by atoms with E-state index < -0.39 is 11.6 Å². The van der Waals surface area contributed by atoms with Gasteiger partial charge in [0.1, 0.15) is 0 Å². The molecule has 2 amide bonds. The standard InChI is InChI=1S/C15H25N3O2S/c1-5-13(19)12(10-11-6-8-16-9-7-11)17-14(20)18(21)15(2,3)4/h6-9,12-13,19,21H,5,10H2,1-4H3,(H,17,20)/t12-,13+/m1/s1. The van der Waals surface area contributed by atoms with Crippen molar-refractivity contribution in [2.45, 2.75) is 58.2 Å². The first-order valence-electron chi connectivity index (χ1n) is 7.12. The van der Waals surface area contributed by atoms with Crippen LogP contribution in [0.4, 0.5) is 4.79 Å². The van der Waals surface area contributed by atoms with E-state index in [4.69, 9.17) is 0 Å². The average molecular weight is 311 g/mol. The van der Waals surface area contributed by atoms with E-state index in [1.807, 2.05) is 39.8 Å². The summed E-state index contributed by atoms with van der Waals surface area (Å²) in [6.45, 7) is 7.58. The summed E-state index contributed by atoms with van der Waals surface area (Å²) >= 11 is 4.23. The van der Waals surface area contributed by atoms with Gasteiger partial charge in [0.2, 0.25) is 0 Å². The Morgan fingerprint density at radius 1 is 1.43 bits per heavy atom. The van der Waals surface area contributed by atoms with Crippen molar-refractivity contribution in [1.29, 1.82) is 0 Å². The Kier molecular flexibility index (Phi) is 6.48. The van der Waals surface area contributed by atoms with E-state index >= 15 is 0 Å². The number of urea groups is 1. The van der Waals surface area contributed by atoms with Gasteiger partial charge in [-0.1, -0.05) is 19.7 Å². The number of aliphatic hydroxyl groups is 1. The summed E-state index contributed by atoms with van der Waals surface area (Å²) in [7, 11) is 0. The van der Waals surface area contributed by atoms with Crippen LogP contribution in [0.25, 0.3) is 0 Å². The molecule has 0 fully saturated rings. The van der Waals surface area contributed by atoms with Crippen LogP contribution >= 0.6 is 12.8 Å². The topological polar surface area (TPSA) is 65.5 Å². The molecular weight excluding hydrogens is 286 g/mol. The highest BCUT2D eigenvalue weighted by Crippen LogP contribution is 2.16. The lowest BCUT2D eigenvalue weighted by Crippen LogP contribution is -2.52. The predicted octanol–water partition coefficient (Wildman–Crippen LogP) is 2.42. The van der Waals surface area contributed by atoms with Crippen LogP contribution in [-0.4, -0.2) is 38.1 Å². The molecule has 0 bridgehead atoms. The summed E-state index contributed by atoms with van der Waals surface area (Å²) in [4.78, 5) is 16.2. The van der Waals surface area contributed by atoms with E-state index in [1.54, 1.807) is 12.4 Å². The second-order valence-corrected chi connectivity index (χ2v) is 6.47. The lowest BCUT2D eigenvalue weighted by Gasteiger charge is -2.33. The van der Waals surface area contributed by atoms with E-state index in [9.17, 15) is 9.90 Å². The number of rotatable bonds is 5. The van der Waals surface area contributed by atoms with E-state index in [0.717, 1.165) is 5.56 Å². The first-order chi connectivity index (χ1) is 9.75. The largest absolute Gasteiger partial charge is 0.391 e. The number of carbonyl (C=O) groups is 1. The fourth-order valence-electron chi connectivity index (χ4n) is 1.86. The molecule has 1 rings (SSSR count). The molecule has 0 aliphatic rings. The number of nitrogens with zero attached hydrogens (tertiary/aromatic N) is 2. The highest BCUT2D eigenvalue weighted by molar-refractivity contribution is 7.78. The van der Waals surface area contributed by atoms with Gasteiger partial charge in [-0.2, -0.15) is 0 Å². The zero-order chi connectivity index (χ0) is 16.0. The summed E-state index contributed by atoms with van der Waals surface area (Å²) in [6.07, 6.45) is 3.91. The fraction of sp³-hybridized carbons (Fsp3) is 0.600. The zero-order valence-electron chi connectivity index (χ0n) is 13.1. The van der Waals surface area contributed by atoms with E-state index in [-0.39, 0.29) is 12.1 Å². The van der Waals surface area contributed by atoms with Crippen molar-refractivity contribution >= 4 is 18.8 Å². The first kappa shape index (κ1) is 17.8. The van der Waals surface area contributed by atoms with Gasteiger partial charge in [-0.15, -0.1) is 0 Å². The van der Waals surface area contributed by atoms with E-state index in [2.05, 4.69) is 23.1 Å². The fourth-order valence-corrected chi connectivity index (χ4v) is 1.92. The van der Waals surface area contributed by atoms with E-state index in [1.165, 1.54) is 4.31 Å². The van der Waals surface area contributed by atoms with Crippen LogP contribution in [0.1, 0.15) is 39.7 Å². The van der Waals surface area contributed by atoms with E-state index in [0.29, 0.717) is 12.8 Å². The Labute approximate surface area is 132 Å². The number of carbonyl (C=O) groups excluding carboxylic acids is 1. The minimum atomic E-state index is -0.608. The number of amides is 2. The van der Waals surface area contributed by atoms with Crippen LogP contribution in [0.5, 0.6) is 0 Å². The molecule has 0 saturated carbocycles. The van der Waals surface area contributed by atoms with Crippen molar-refractivity contribution in [3.8, 4) is 0 Å². The SMILES string of the molecule is CC[C@H](O)[C@@H](Cc1ccncc1)NC(=O)N(S)C(C)(C)C. The summed E-state index contributed by atoms with van der Waals surface area (Å²) in [5.74, 6) is 0. The third-order valence-corrected chi connectivity index (χ3v) is 4.01. The van der Waals surface area contributed by atoms with Crippen molar-refractivity contribution < 1.29 is 9.90 Å². The molecule has 118 valence electrons. The summed E-state index contributed by atoms with van der Waals surface area (Å²) in [5.41, 5.74) is 0.621. The Balaban J connectivity index is 2.77. The van der Waals surface area contributed by atoms with Crippen molar-refractivity contribution in [1.82, 2.24) is 14.6 Å². The number of aliphatic hydroxyl groups excluding tert-OH is 1. The summed E-state index contributed by atoms with van der Waals surface area (Å²) in [5, 5.41) is 13.0. The normalized spacial score (nSPS) is 14.4. The van der Waals surface area contributed by atoms with Gasteiger partial charge in [0.15, 0.2) is 0 Å². The maximum atomic E-state index is 12.2. The van der Waals surface area contributed by atoms with Gasteiger partial charge < -0.3 is 10.4 Å². The Hall–Kier alpha value is -1.27. The number of hydrogen-bond acceptors (Lipinski definition) is 4. The summed E-state index contributed by atoms with van der Waals surface area (Å²) in [6, 6.07) is 3.09. The molecule has 1 aromatic rings. The Bertz CT molecular complexity index is 448. The number of thiol groups is 1. The molecule has 0 aliphatic heterocycles. The monoisotopic (exact) mass is 311 g/mol. The molecular formula is C15H25N3O2S. The third-order valence-electron chi connectivity index (χ3n) is 3.22. The molecule has 0 spiro atoms. The van der Waals surface area contributed by atoms with Gasteiger partial charge in [0.05, 0.1) is 12.1 Å². The quantitative estimate of drug-likeness (QED) is 0.732. The van der Waals surface area contributed by atoms with Crippen LogP contribution in [0, 0.1) is 0 Å². The predicted molar refractivity (Wildman–Crippen MR) is 87.1 cm³/mol. The van der Waals surface area contributed by atoms with Crippen LogP contribution in [0.15, 0.2) is 24.5 Å². The lowest BCUT2D eigenvalue weighted by molar-refractivity contribution is 0.119. The maximum absolute atomic E-state index is 12.2. The van der Waals surface area contributed by atoms with Crippen LogP contribution in [0.3, 0.4) is 0 Å². The molecule has 2 N–H and O–H groups in total. The number of hydrogen-bond donors (Lipinski definition) is 3. The molecule has 0 aromatic carbocycles. The van der Waals surface area contributed by atoms with Crippen LogP contribution in [-0.2, 0) is 6.42 Å². The van der Waals surface area contributed by atoms with Crippen molar-refractivity contribution in [2.75, 3.05) is 0 Å². The zero-order valence-corrected chi connectivity index (χ0v) is 14.0. The molecule has 0 radical (unpaired) electrons. The molecule has 1 aromatic heterocycles. The Morgan fingerprint density at radius 2 is 2.00 bits per heavy atom. The molecule has 0 saturated heterocycles. The minimum Gasteiger partial charge on any atom is -0.391 e. The third kappa shape index (κ3) is 5.55. The number of nitrogens with one attached hydrogen (secondary N) is 1. The minimum absolute atomic E-state index is 0.308. The second kappa shape index (κ2) is 7.66. The molecule has 21 heavy (non-hydrogen) atoms. The lowest BCUT2D eigenvalue weighted by atomic mass is 10.0. The van der Waals surface area contributed by atoms with Gasteiger partial charge in [-0.3, -0.25) is 9.29 Å². The molecule has 0 aliphatic carbocycles. The molecule has 2 atom stereocenters. The van der Waals surface area contributed by atoms with Gasteiger partial charge in [0.25, 0.3) is 0 Å². The van der Waals surface area contributed by atoms with Crippen molar-refractivity contribution in [3.05, 3.63) is 30.1 Å². The first-order valence-corrected chi connectivity index (χ1v) is 7.52. The average Bonchev–Trinajstić information content (AvgIpc) is 2.44. The van der Waals surface area contributed by atoms with Crippen LogP contribution < -0.4 is 5.32 Å². The molecule has 5 nitrogen and oxygen atoms in total. The summed E-state index contributed by atoms with van der Waals surface area (Å²) < 4.78 is 1.34. The molecule has 0 unspecified atom stereocenters. The van der Waals surface area contributed by atoms with Gasteiger partial charge >= 0.3 is 6.03 Å². The molecule has 1 heterocycles.